The Bertz CT molecular complexity index is 121. The van der Waals surface area contributed by atoms with E-state index >= 15 is 0 Å². The maximum absolute atomic E-state index is 11.1. The van der Waals surface area contributed by atoms with Gasteiger partial charge in [-0.05, 0) is 18.1 Å². The summed E-state index contributed by atoms with van der Waals surface area (Å²) in [6.45, 7) is 6.03. The van der Waals surface area contributed by atoms with Gasteiger partial charge in [0.25, 0.3) is 0 Å². The van der Waals surface area contributed by atoms with Crippen molar-refractivity contribution in [3.05, 3.63) is 0 Å². The molecule has 0 aromatic carbocycles. The molecule has 0 aliphatic rings. The molecule has 1 atom stereocenters. The maximum atomic E-state index is 11.1. The van der Waals surface area contributed by atoms with Gasteiger partial charge in [-0.1, -0.05) is 20.8 Å². The Morgan fingerprint density at radius 3 is 2.27 bits per heavy atom. The van der Waals surface area contributed by atoms with Gasteiger partial charge in [-0.2, -0.15) is 12.6 Å². The number of hydrogen-bond acceptors (Lipinski definition) is 2. The fourth-order valence-electron chi connectivity index (χ4n) is 0.769. The highest BCUT2D eigenvalue weighted by Crippen LogP contribution is 2.10. The van der Waals surface area contributed by atoms with Crippen molar-refractivity contribution in [2.45, 2.75) is 33.6 Å². The highest BCUT2D eigenvalue weighted by molar-refractivity contribution is 7.80. The molecule has 0 aliphatic carbocycles. The Labute approximate surface area is 75.0 Å². The number of hydrogen-bond donors (Lipinski definition) is 1. The molecule has 0 fully saturated rings. The van der Waals surface area contributed by atoms with Gasteiger partial charge < -0.3 is 0 Å². The standard InChI is InChI=1S/C9H18OS/c1-7(2)9(10)5-4-8(3)6-11/h7-8,11H,4-6H2,1-3H3. The summed E-state index contributed by atoms with van der Waals surface area (Å²) in [4.78, 5) is 11.1. The lowest BCUT2D eigenvalue weighted by molar-refractivity contribution is -0.122. The Kier molecular flexibility index (Phi) is 5.65. The summed E-state index contributed by atoms with van der Waals surface area (Å²) < 4.78 is 0. The van der Waals surface area contributed by atoms with Crippen LogP contribution in [0.1, 0.15) is 33.6 Å². The van der Waals surface area contributed by atoms with Crippen molar-refractivity contribution >= 4 is 18.4 Å². The van der Waals surface area contributed by atoms with Gasteiger partial charge in [0.05, 0.1) is 0 Å². The Morgan fingerprint density at radius 1 is 1.36 bits per heavy atom. The van der Waals surface area contributed by atoms with E-state index in [0.717, 1.165) is 18.6 Å². The van der Waals surface area contributed by atoms with E-state index in [0.29, 0.717) is 11.7 Å². The molecule has 0 saturated carbocycles. The minimum atomic E-state index is 0.196. The molecule has 0 aromatic rings. The topological polar surface area (TPSA) is 17.1 Å². The van der Waals surface area contributed by atoms with Crippen molar-refractivity contribution in [3.8, 4) is 0 Å². The maximum Gasteiger partial charge on any atom is 0.135 e. The highest BCUT2D eigenvalue weighted by Gasteiger charge is 2.08. The second kappa shape index (κ2) is 5.64. The quantitative estimate of drug-likeness (QED) is 0.634. The predicted octanol–water partition coefficient (Wildman–Crippen LogP) is 2.56. The molecular formula is C9H18OS. The smallest absolute Gasteiger partial charge is 0.135 e. The van der Waals surface area contributed by atoms with Crippen molar-refractivity contribution in [3.63, 3.8) is 0 Å². The van der Waals surface area contributed by atoms with Gasteiger partial charge in [0.1, 0.15) is 5.78 Å². The number of carbonyl (C=O) groups excluding carboxylic acids is 1. The first-order valence-electron chi connectivity index (χ1n) is 4.21. The van der Waals surface area contributed by atoms with E-state index in [4.69, 9.17) is 0 Å². The molecule has 0 amide bonds. The molecule has 66 valence electrons. The Morgan fingerprint density at radius 2 is 1.91 bits per heavy atom. The van der Waals surface area contributed by atoms with Crippen LogP contribution < -0.4 is 0 Å². The van der Waals surface area contributed by atoms with E-state index in [1.54, 1.807) is 0 Å². The fourth-order valence-corrected chi connectivity index (χ4v) is 0.951. The van der Waals surface area contributed by atoms with Gasteiger partial charge in [-0.25, -0.2) is 0 Å². The van der Waals surface area contributed by atoms with Crippen LogP contribution in [-0.2, 0) is 4.79 Å². The lowest BCUT2D eigenvalue weighted by Crippen LogP contribution is -2.09. The van der Waals surface area contributed by atoms with Crippen LogP contribution in [0.4, 0.5) is 0 Å². The summed E-state index contributed by atoms with van der Waals surface area (Å²) in [5, 5.41) is 0. The van der Waals surface area contributed by atoms with Crippen LogP contribution in [-0.4, -0.2) is 11.5 Å². The van der Waals surface area contributed by atoms with Crippen molar-refractivity contribution < 1.29 is 4.79 Å². The normalized spacial score (nSPS) is 13.5. The van der Waals surface area contributed by atoms with E-state index in [2.05, 4.69) is 19.6 Å². The van der Waals surface area contributed by atoms with Crippen molar-refractivity contribution in [1.82, 2.24) is 0 Å². The van der Waals surface area contributed by atoms with E-state index in [1.165, 1.54) is 0 Å². The third-order valence-electron chi connectivity index (χ3n) is 1.84. The van der Waals surface area contributed by atoms with Crippen LogP contribution in [0.25, 0.3) is 0 Å². The molecule has 0 radical (unpaired) electrons. The largest absolute Gasteiger partial charge is 0.299 e. The Balaban J connectivity index is 3.46. The molecule has 0 aliphatic heterocycles. The number of rotatable bonds is 5. The zero-order valence-corrected chi connectivity index (χ0v) is 8.53. The minimum absolute atomic E-state index is 0.196. The van der Waals surface area contributed by atoms with E-state index < -0.39 is 0 Å². The summed E-state index contributed by atoms with van der Waals surface area (Å²) >= 11 is 4.16. The molecule has 2 heteroatoms. The molecule has 0 aromatic heterocycles. The third kappa shape index (κ3) is 5.31. The molecular weight excluding hydrogens is 156 g/mol. The first-order valence-corrected chi connectivity index (χ1v) is 4.84. The molecule has 1 unspecified atom stereocenters. The van der Waals surface area contributed by atoms with Gasteiger partial charge in [-0.15, -0.1) is 0 Å². The van der Waals surface area contributed by atoms with Gasteiger partial charge in [0, 0.05) is 12.3 Å². The summed E-state index contributed by atoms with van der Waals surface area (Å²) in [7, 11) is 0. The van der Waals surface area contributed by atoms with Crippen LogP contribution in [0.3, 0.4) is 0 Å². The first-order chi connectivity index (χ1) is 5.07. The fraction of sp³-hybridized carbons (Fsp3) is 0.889. The average molecular weight is 174 g/mol. The predicted molar refractivity (Wildman–Crippen MR) is 52.1 cm³/mol. The molecule has 0 saturated heterocycles. The van der Waals surface area contributed by atoms with Crippen LogP contribution in [0.15, 0.2) is 0 Å². The highest BCUT2D eigenvalue weighted by atomic mass is 32.1. The first kappa shape index (κ1) is 11.0. The second-order valence-corrected chi connectivity index (χ2v) is 3.81. The summed E-state index contributed by atoms with van der Waals surface area (Å²) in [6.07, 6.45) is 1.71. The molecule has 0 bridgehead atoms. The number of ketones is 1. The number of thiol groups is 1. The van der Waals surface area contributed by atoms with Crippen molar-refractivity contribution in [2.24, 2.45) is 11.8 Å². The van der Waals surface area contributed by atoms with Gasteiger partial charge in [0.2, 0.25) is 0 Å². The minimum Gasteiger partial charge on any atom is -0.299 e. The SMILES string of the molecule is CC(CS)CCC(=O)C(C)C. The van der Waals surface area contributed by atoms with Gasteiger partial charge in [-0.3, -0.25) is 4.79 Å². The van der Waals surface area contributed by atoms with E-state index in [1.807, 2.05) is 13.8 Å². The molecule has 1 nitrogen and oxygen atoms in total. The summed E-state index contributed by atoms with van der Waals surface area (Å²) in [5.74, 6) is 2.02. The molecule has 0 spiro atoms. The van der Waals surface area contributed by atoms with Crippen LogP contribution in [0.5, 0.6) is 0 Å². The number of carbonyl (C=O) groups is 1. The van der Waals surface area contributed by atoms with Crippen LogP contribution >= 0.6 is 12.6 Å². The molecule has 0 rings (SSSR count). The summed E-state index contributed by atoms with van der Waals surface area (Å²) in [6, 6.07) is 0. The zero-order valence-electron chi connectivity index (χ0n) is 7.63. The van der Waals surface area contributed by atoms with Gasteiger partial charge in [0.15, 0.2) is 0 Å². The Hall–Kier alpha value is 0.0200. The van der Waals surface area contributed by atoms with Crippen LogP contribution in [0.2, 0.25) is 0 Å². The van der Waals surface area contributed by atoms with E-state index in [9.17, 15) is 4.79 Å². The average Bonchev–Trinajstić information content (AvgIpc) is 1.99. The van der Waals surface area contributed by atoms with Crippen molar-refractivity contribution in [1.29, 1.82) is 0 Å². The second-order valence-electron chi connectivity index (χ2n) is 3.45. The monoisotopic (exact) mass is 174 g/mol. The lowest BCUT2D eigenvalue weighted by atomic mass is 10.00. The summed E-state index contributed by atoms with van der Waals surface area (Å²) in [5.41, 5.74) is 0. The molecule has 11 heavy (non-hydrogen) atoms. The lowest BCUT2D eigenvalue weighted by Gasteiger charge is -2.07. The van der Waals surface area contributed by atoms with E-state index in [-0.39, 0.29) is 5.92 Å². The third-order valence-corrected chi connectivity index (χ3v) is 2.46. The van der Waals surface area contributed by atoms with Crippen LogP contribution in [0, 0.1) is 11.8 Å². The number of Topliss-reactive ketones (excluding diaryl/α,β-unsaturated/α-hetero) is 1. The molecule has 0 heterocycles. The van der Waals surface area contributed by atoms with Gasteiger partial charge >= 0.3 is 0 Å². The molecule has 0 N–H and O–H groups in total. The zero-order chi connectivity index (χ0) is 8.85. The van der Waals surface area contributed by atoms with Crippen molar-refractivity contribution in [2.75, 3.05) is 5.75 Å².